The van der Waals surface area contributed by atoms with E-state index in [1.54, 1.807) is 24.5 Å². The number of nitrogens with one attached hydrogen (secondary N) is 1. The number of nitrogens with zero attached hydrogens (tertiary/aromatic N) is 3. The first-order chi connectivity index (χ1) is 10.2. The molecule has 3 rings (SSSR count). The van der Waals surface area contributed by atoms with Gasteiger partial charge < -0.3 is 0 Å². The quantitative estimate of drug-likeness (QED) is 0.807. The third-order valence-corrected chi connectivity index (χ3v) is 3.56. The summed E-state index contributed by atoms with van der Waals surface area (Å²) in [7, 11) is 0. The molecule has 0 aliphatic rings. The lowest BCUT2D eigenvalue weighted by molar-refractivity contribution is 0.102. The molecule has 1 amide bonds. The zero-order valence-corrected chi connectivity index (χ0v) is 11.5. The minimum atomic E-state index is -0.577. The van der Waals surface area contributed by atoms with Gasteiger partial charge in [0.25, 0.3) is 5.91 Å². The fourth-order valence-electron chi connectivity index (χ4n) is 1.69. The number of halogens is 1. The summed E-state index contributed by atoms with van der Waals surface area (Å²) < 4.78 is 13.5. The number of amides is 1. The molecule has 0 radical (unpaired) electrons. The van der Waals surface area contributed by atoms with Crippen molar-refractivity contribution in [2.45, 2.75) is 0 Å². The lowest BCUT2D eigenvalue weighted by Gasteiger charge is -2.01. The average Bonchev–Trinajstić information content (AvgIpc) is 2.97. The second kappa shape index (κ2) is 5.76. The number of hydrogen-bond donors (Lipinski definition) is 1. The standard InChI is InChI=1S/C14H9FN4OS/c15-11-6-2-1-5-10(11)12(20)17-14-19-18-13(21-14)9-4-3-7-16-8-9/h1-8H,(H,17,19,20). The van der Waals surface area contributed by atoms with Crippen molar-refractivity contribution in [1.82, 2.24) is 15.2 Å². The minimum absolute atomic E-state index is 0.0318. The smallest absolute Gasteiger partial charge is 0.260 e. The summed E-state index contributed by atoms with van der Waals surface area (Å²) in [6.07, 6.45) is 3.31. The largest absolute Gasteiger partial charge is 0.296 e. The zero-order chi connectivity index (χ0) is 14.7. The van der Waals surface area contributed by atoms with Crippen molar-refractivity contribution >= 4 is 22.4 Å². The van der Waals surface area contributed by atoms with Gasteiger partial charge >= 0.3 is 0 Å². The summed E-state index contributed by atoms with van der Waals surface area (Å²) in [6, 6.07) is 9.39. The monoisotopic (exact) mass is 300 g/mol. The van der Waals surface area contributed by atoms with Crippen molar-refractivity contribution in [1.29, 1.82) is 0 Å². The summed E-state index contributed by atoms with van der Waals surface area (Å²) >= 11 is 1.20. The number of rotatable bonds is 3. The van der Waals surface area contributed by atoms with Gasteiger partial charge in [0, 0.05) is 18.0 Å². The van der Waals surface area contributed by atoms with Gasteiger partial charge in [-0.25, -0.2) is 4.39 Å². The van der Waals surface area contributed by atoms with Gasteiger partial charge in [0.1, 0.15) is 5.82 Å². The number of benzene rings is 1. The highest BCUT2D eigenvalue weighted by atomic mass is 32.1. The molecule has 0 aliphatic carbocycles. The Kier molecular flexibility index (Phi) is 3.65. The molecule has 0 aliphatic heterocycles. The topological polar surface area (TPSA) is 67.8 Å². The van der Waals surface area contributed by atoms with E-state index in [1.165, 1.54) is 29.5 Å². The Hall–Kier alpha value is -2.67. The van der Waals surface area contributed by atoms with Crippen molar-refractivity contribution in [2.24, 2.45) is 0 Å². The van der Waals surface area contributed by atoms with Crippen LogP contribution in [0.4, 0.5) is 9.52 Å². The second-order valence-corrected chi connectivity index (χ2v) is 5.07. The van der Waals surface area contributed by atoms with Crippen LogP contribution in [0.3, 0.4) is 0 Å². The first-order valence-electron chi connectivity index (χ1n) is 6.04. The summed E-state index contributed by atoms with van der Waals surface area (Å²) in [5.41, 5.74) is 0.775. The predicted octanol–water partition coefficient (Wildman–Crippen LogP) is 2.99. The van der Waals surface area contributed by atoms with Crippen LogP contribution in [0.5, 0.6) is 0 Å². The molecule has 5 nitrogen and oxygen atoms in total. The van der Waals surface area contributed by atoms with E-state index < -0.39 is 11.7 Å². The van der Waals surface area contributed by atoms with Crippen LogP contribution in [0.15, 0.2) is 48.8 Å². The maximum atomic E-state index is 13.5. The lowest BCUT2D eigenvalue weighted by Crippen LogP contribution is -2.13. The van der Waals surface area contributed by atoms with Crippen molar-refractivity contribution in [2.75, 3.05) is 5.32 Å². The second-order valence-electron chi connectivity index (χ2n) is 4.09. The molecule has 1 N–H and O–H groups in total. The Balaban J connectivity index is 1.79. The number of carbonyl (C=O) groups is 1. The van der Waals surface area contributed by atoms with Crippen LogP contribution in [-0.2, 0) is 0 Å². The zero-order valence-electron chi connectivity index (χ0n) is 10.7. The summed E-state index contributed by atoms with van der Waals surface area (Å²) in [5, 5.41) is 11.3. The number of aromatic nitrogens is 3. The normalized spacial score (nSPS) is 10.3. The fourth-order valence-corrected chi connectivity index (χ4v) is 2.42. The van der Waals surface area contributed by atoms with Crippen molar-refractivity contribution < 1.29 is 9.18 Å². The molecule has 2 aromatic heterocycles. The van der Waals surface area contributed by atoms with Crippen LogP contribution in [0.1, 0.15) is 10.4 Å². The van der Waals surface area contributed by atoms with E-state index in [9.17, 15) is 9.18 Å². The van der Waals surface area contributed by atoms with Gasteiger partial charge in [0.2, 0.25) is 5.13 Å². The third kappa shape index (κ3) is 2.92. The maximum Gasteiger partial charge on any atom is 0.260 e. The summed E-state index contributed by atoms with van der Waals surface area (Å²) in [4.78, 5) is 15.9. The first-order valence-corrected chi connectivity index (χ1v) is 6.85. The van der Waals surface area contributed by atoms with Crippen LogP contribution in [0.25, 0.3) is 10.6 Å². The molecule has 0 bridgehead atoms. The van der Waals surface area contributed by atoms with Gasteiger partial charge in [-0.15, -0.1) is 10.2 Å². The van der Waals surface area contributed by atoms with Gasteiger partial charge in [-0.2, -0.15) is 0 Å². The highest BCUT2D eigenvalue weighted by Crippen LogP contribution is 2.25. The van der Waals surface area contributed by atoms with Crippen LogP contribution < -0.4 is 5.32 Å². The van der Waals surface area contributed by atoms with Gasteiger partial charge in [-0.1, -0.05) is 23.5 Å². The minimum Gasteiger partial charge on any atom is -0.296 e. The molecular formula is C14H9FN4OS. The molecule has 1 aromatic carbocycles. The maximum absolute atomic E-state index is 13.5. The predicted molar refractivity (Wildman–Crippen MR) is 77.5 cm³/mol. The van der Waals surface area contributed by atoms with Crippen LogP contribution >= 0.6 is 11.3 Å². The van der Waals surface area contributed by atoms with Crippen LogP contribution in [-0.4, -0.2) is 21.1 Å². The fraction of sp³-hybridized carbons (Fsp3) is 0. The molecule has 0 saturated carbocycles. The van der Waals surface area contributed by atoms with Gasteiger partial charge in [-0.05, 0) is 24.3 Å². The molecule has 0 fully saturated rings. The Morgan fingerprint density at radius 3 is 2.76 bits per heavy atom. The Labute approximate surface area is 123 Å². The summed E-state index contributed by atoms with van der Waals surface area (Å²) in [5.74, 6) is -1.13. The van der Waals surface area contributed by atoms with Gasteiger partial charge in [-0.3, -0.25) is 15.1 Å². The van der Waals surface area contributed by atoms with E-state index in [1.807, 2.05) is 6.07 Å². The van der Waals surface area contributed by atoms with Crippen molar-refractivity contribution in [3.8, 4) is 10.6 Å². The first kappa shape index (κ1) is 13.3. The van der Waals surface area contributed by atoms with E-state index >= 15 is 0 Å². The molecule has 2 heterocycles. The number of hydrogen-bond acceptors (Lipinski definition) is 5. The average molecular weight is 300 g/mol. The Morgan fingerprint density at radius 1 is 1.14 bits per heavy atom. The van der Waals surface area contributed by atoms with E-state index in [0.29, 0.717) is 10.1 Å². The molecule has 104 valence electrons. The number of pyridine rings is 1. The molecule has 21 heavy (non-hydrogen) atoms. The van der Waals surface area contributed by atoms with Crippen LogP contribution in [0, 0.1) is 5.82 Å². The highest BCUT2D eigenvalue weighted by Gasteiger charge is 2.14. The van der Waals surface area contributed by atoms with E-state index in [2.05, 4.69) is 20.5 Å². The Morgan fingerprint density at radius 2 is 2.00 bits per heavy atom. The van der Waals surface area contributed by atoms with E-state index in [0.717, 1.165) is 5.56 Å². The van der Waals surface area contributed by atoms with E-state index in [4.69, 9.17) is 0 Å². The lowest BCUT2D eigenvalue weighted by atomic mass is 10.2. The van der Waals surface area contributed by atoms with Crippen molar-refractivity contribution in [3.63, 3.8) is 0 Å². The number of anilines is 1. The van der Waals surface area contributed by atoms with E-state index in [-0.39, 0.29) is 5.56 Å². The molecule has 7 heteroatoms. The SMILES string of the molecule is O=C(Nc1nnc(-c2cccnc2)s1)c1ccccc1F. The summed E-state index contributed by atoms with van der Waals surface area (Å²) in [6.45, 7) is 0. The number of carbonyl (C=O) groups excluding carboxylic acids is 1. The molecule has 0 atom stereocenters. The Bertz CT molecular complexity index is 775. The molecule has 0 spiro atoms. The highest BCUT2D eigenvalue weighted by molar-refractivity contribution is 7.18. The van der Waals surface area contributed by atoms with Crippen LogP contribution in [0.2, 0.25) is 0 Å². The molecule has 3 aromatic rings. The third-order valence-electron chi connectivity index (χ3n) is 2.67. The van der Waals surface area contributed by atoms with Crippen molar-refractivity contribution in [3.05, 3.63) is 60.2 Å². The molecular weight excluding hydrogens is 291 g/mol. The van der Waals surface area contributed by atoms with Gasteiger partial charge in [0.15, 0.2) is 5.01 Å². The molecule has 0 saturated heterocycles. The van der Waals surface area contributed by atoms with Gasteiger partial charge in [0.05, 0.1) is 5.56 Å². The molecule has 0 unspecified atom stereocenters.